The third-order valence-corrected chi connectivity index (χ3v) is 6.34. The van der Waals surface area contributed by atoms with E-state index in [2.05, 4.69) is 31.7 Å². The fourth-order valence-electron chi connectivity index (χ4n) is 4.53. The number of fused-ring (bicyclic) bond motifs is 3. The molecule has 1 saturated carbocycles. The first kappa shape index (κ1) is 19.4. The first-order valence-corrected chi connectivity index (χ1v) is 11.2. The van der Waals surface area contributed by atoms with E-state index in [-0.39, 0.29) is 23.8 Å². The molecule has 32 heavy (non-hydrogen) atoms. The van der Waals surface area contributed by atoms with E-state index in [0.717, 1.165) is 49.8 Å². The number of aryl methyl sites for hydroxylation is 1. The number of aromatic nitrogens is 6. The zero-order valence-electron chi connectivity index (χ0n) is 17.6. The molecule has 2 aliphatic heterocycles. The molecular formula is C22H24N6O4. The van der Waals surface area contributed by atoms with Crippen LogP contribution in [0.1, 0.15) is 43.2 Å². The van der Waals surface area contributed by atoms with Crippen LogP contribution in [0, 0.1) is 5.92 Å². The van der Waals surface area contributed by atoms with Crippen molar-refractivity contribution in [3.8, 4) is 22.9 Å². The Morgan fingerprint density at radius 1 is 1.25 bits per heavy atom. The van der Waals surface area contributed by atoms with Crippen LogP contribution in [0.2, 0.25) is 0 Å². The van der Waals surface area contributed by atoms with Gasteiger partial charge in [0, 0.05) is 24.6 Å². The Morgan fingerprint density at radius 3 is 2.94 bits per heavy atom. The maximum absolute atomic E-state index is 12.9. The summed E-state index contributed by atoms with van der Waals surface area (Å²) in [6.45, 7) is 1.59. The van der Waals surface area contributed by atoms with Gasteiger partial charge in [-0.15, -0.1) is 5.10 Å². The van der Waals surface area contributed by atoms with E-state index in [4.69, 9.17) is 14.2 Å². The summed E-state index contributed by atoms with van der Waals surface area (Å²) in [6.07, 6.45) is 4.37. The number of aromatic amines is 1. The van der Waals surface area contributed by atoms with E-state index in [9.17, 15) is 4.79 Å². The minimum atomic E-state index is -0.367. The number of tetrazole rings is 1. The Kier molecular flexibility index (Phi) is 4.86. The summed E-state index contributed by atoms with van der Waals surface area (Å²) < 4.78 is 20.0. The highest BCUT2D eigenvalue weighted by atomic mass is 16.6. The van der Waals surface area contributed by atoms with Gasteiger partial charge in [-0.2, -0.15) is 4.98 Å². The quantitative estimate of drug-likeness (QED) is 0.598. The molecule has 0 amide bonds. The summed E-state index contributed by atoms with van der Waals surface area (Å²) in [4.78, 5) is 17.2. The standard InChI is InChI=1S/C22H24N6O4/c29-22-23-21(31-12-15-5-3-11-30-15)19(32-18(14-7-8-14)20-24-26-27-25-20)17-16-6-2-1-4-13(16)9-10-28(17)22/h1-2,4,6,14-15,18H,3,5,7-12H2,(H,24,25,26,27). The number of nitrogens with one attached hydrogen (secondary N) is 1. The Balaban J connectivity index is 1.46. The third-order valence-electron chi connectivity index (χ3n) is 6.34. The van der Waals surface area contributed by atoms with E-state index in [1.807, 2.05) is 18.2 Å². The van der Waals surface area contributed by atoms with Gasteiger partial charge in [0.25, 0.3) is 5.88 Å². The van der Waals surface area contributed by atoms with Crippen molar-refractivity contribution in [3.05, 3.63) is 46.1 Å². The monoisotopic (exact) mass is 436 g/mol. The molecule has 166 valence electrons. The first-order valence-electron chi connectivity index (χ1n) is 11.2. The van der Waals surface area contributed by atoms with E-state index in [1.54, 1.807) is 4.57 Å². The summed E-state index contributed by atoms with van der Waals surface area (Å²) in [5.41, 5.74) is 2.48. The lowest BCUT2D eigenvalue weighted by atomic mass is 9.97. The number of ether oxygens (including phenoxy) is 3. The molecular weight excluding hydrogens is 412 g/mol. The van der Waals surface area contributed by atoms with Crippen LogP contribution in [-0.2, 0) is 17.7 Å². The minimum absolute atomic E-state index is 0.00609. The molecule has 6 rings (SSSR count). The van der Waals surface area contributed by atoms with Gasteiger partial charge in [0.15, 0.2) is 11.9 Å². The fraction of sp³-hybridized carbons (Fsp3) is 0.500. The summed E-state index contributed by atoms with van der Waals surface area (Å²) in [6, 6.07) is 8.07. The Hall–Kier alpha value is -3.27. The van der Waals surface area contributed by atoms with Crippen molar-refractivity contribution in [1.29, 1.82) is 0 Å². The zero-order chi connectivity index (χ0) is 21.5. The summed E-state index contributed by atoms with van der Waals surface area (Å²) in [5, 5.41) is 14.4. The second-order valence-electron chi connectivity index (χ2n) is 8.54. The van der Waals surface area contributed by atoms with E-state index < -0.39 is 0 Å². The van der Waals surface area contributed by atoms with Crippen molar-refractivity contribution in [2.45, 2.75) is 50.9 Å². The molecule has 2 fully saturated rings. The SMILES string of the molecule is O=c1nc(OCC2CCCO2)c(OC(c2nnn[nH]2)C2CC2)c2n1CCc1ccccc1-2. The summed E-state index contributed by atoms with van der Waals surface area (Å²) in [7, 11) is 0. The lowest BCUT2D eigenvalue weighted by Gasteiger charge is -2.27. The van der Waals surface area contributed by atoms with Crippen molar-refractivity contribution >= 4 is 0 Å². The smallest absolute Gasteiger partial charge is 0.351 e. The Labute approximate surface area is 183 Å². The molecule has 1 aliphatic carbocycles. The molecule has 1 N–H and O–H groups in total. The van der Waals surface area contributed by atoms with Crippen LogP contribution in [-0.4, -0.2) is 49.5 Å². The fourth-order valence-corrected chi connectivity index (χ4v) is 4.53. The predicted molar refractivity (Wildman–Crippen MR) is 112 cm³/mol. The first-order chi connectivity index (χ1) is 15.8. The van der Waals surface area contributed by atoms with Gasteiger partial charge < -0.3 is 14.2 Å². The van der Waals surface area contributed by atoms with Crippen LogP contribution in [0.3, 0.4) is 0 Å². The normalized spacial score (nSPS) is 20.4. The van der Waals surface area contributed by atoms with Gasteiger partial charge in [0.1, 0.15) is 12.3 Å². The molecule has 2 aromatic heterocycles. The average Bonchev–Trinajstić information content (AvgIpc) is 3.27. The molecule has 2 unspecified atom stereocenters. The van der Waals surface area contributed by atoms with Gasteiger partial charge in [-0.05, 0) is 48.1 Å². The molecule has 1 saturated heterocycles. The molecule has 1 aromatic carbocycles. The van der Waals surface area contributed by atoms with Gasteiger partial charge in [0.2, 0.25) is 5.75 Å². The molecule has 10 nitrogen and oxygen atoms in total. The summed E-state index contributed by atoms with van der Waals surface area (Å²) >= 11 is 0. The number of hydrogen-bond acceptors (Lipinski definition) is 8. The van der Waals surface area contributed by atoms with Crippen LogP contribution in [0.15, 0.2) is 29.1 Å². The van der Waals surface area contributed by atoms with Gasteiger partial charge >= 0.3 is 5.69 Å². The maximum atomic E-state index is 12.9. The Morgan fingerprint density at radius 2 is 2.16 bits per heavy atom. The van der Waals surface area contributed by atoms with Crippen LogP contribution < -0.4 is 15.2 Å². The molecule has 3 aromatic rings. The molecule has 0 spiro atoms. The third kappa shape index (κ3) is 3.54. The average molecular weight is 436 g/mol. The number of H-pyrrole nitrogens is 1. The van der Waals surface area contributed by atoms with Crippen molar-refractivity contribution in [2.75, 3.05) is 13.2 Å². The van der Waals surface area contributed by atoms with Gasteiger partial charge in [-0.3, -0.25) is 4.57 Å². The van der Waals surface area contributed by atoms with Gasteiger partial charge in [-0.1, -0.05) is 24.3 Å². The number of hydrogen-bond donors (Lipinski definition) is 1. The highest BCUT2D eigenvalue weighted by molar-refractivity contribution is 5.73. The van der Waals surface area contributed by atoms with Gasteiger partial charge in [-0.25, -0.2) is 9.89 Å². The lowest BCUT2D eigenvalue weighted by Crippen LogP contribution is -2.30. The second-order valence-corrected chi connectivity index (χ2v) is 8.54. The highest BCUT2D eigenvalue weighted by Gasteiger charge is 2.39. The van der Waals surface area contributed by atoms with Crippen molar-refractivity contribution in [2.24, 2.45) is 5.92 Å². The molecule has 0 radical (unpaired) electrons. The molecule has 0 bridgehead atoms. The van der Waals surface area contributed by atoms with Crippen LogP contribution in [0.4, 0.5) is 0 Å². The van der Waals surface area contributed by atoms with Crippen LogP contribution in [0.5, 0.6) is 11.6 Å². The number of nitrogens with zero attached hydrogens (tertiary/aromatic N) is 5. The van der Waals surface area contributed by atoms with Crippen molar-refractivity contribution in [1.82, 2.24) is 30.2 Å². The number of benzene rings is 1. The molecule has 4 heterocycles. The number of rotatable bonds is 7. The Bertz CT molecular complexity index is 1170. The summed E-state index contributed by atoms with van der Waals surface area (Å²) in [5.74, 6) is 1.52. The van der Waals surface area contributed by atoms with E-state index >= 15 is 0 Å². The molecule has 3 aliphatic rings. The van der Waals surface area contributed by atoms with Crippen molar-refractivity contribution in [3.63, 3.8) is 0 Å². The van der Waals surface area contributed by atoms with E-state index in [0.29, 0.717) is 36.3 Å². The largest absolute Gasteiger partial charge is 0.474 e. The maximum Gasteiger partial charge on any atom is 0.351 e. The molecule has 10 heteroatoms. The second kappa shape index (κ2) is 8.01. The lowest BCUT2D eigenvalue weighted by molar-refractivity contribution is 0.0629. The minimum Gasteiger partial charge on any atom is -0.474 e. The van der Waals surface area contributed by atoms with E-state index in [1.165, 1.54) is 0 Å². The predicted octanol–water partition coefficient (Wildman–Crippen LogP) is 2.07. The van der Waals surface area contributed by atoms with Crippen LogP contribution in [0.25, 0.3) is 11.3 Å². The topological polar surface area (TPSA) is 117 Å². The van der Waals surface area contributed by atoms with Gasteiger partial charge in [0.05, 0.1) is 6.10 Å². The highest BCUT2D eigenvalue weighted by Crippen LogP contribution is 2.47. The zero-order valence-corrected chi connectivity index (χ0v) is 17.6. The van der Waals surface area contributed by atoms with Crippen LogP contribution >= 0.6 is 0 Å². The molecule has 2 atom stereocenters. The van der Waals surface area contributed by atoms with Crippen molar-refractivity contribution < 1.29 is 14.2 Å².